The Bertz CT molecular complexity index is 901. The van der Waals surface area contributed by atoms with E-state index in [9.17, 15) is 9.59 Å². The number of rotatable bonds is 3. The minimum atomic E-state index is -0.105. The van der Waals surface area contributed by atoms with Gasteiger partial charge in [-0.2, -0.15) is 0 Å². The molecule has 1 fully saturated rings. The number of hydrogen-bond acceptors (Lipinski definition) is 5. The fraction of sp³-hybridized carbons (Fsp3) is 0.500. The first kappa shape index (κ1) is 17.9. The van der Waals surface area contributed by atoms with Gasteiger partial charge in [0.05, 0.1) is 12.2 Å². The van der Waals surface area contributed by atoms with Gasteiger partial charge in [0.15, 0.2) is 0 Å². The maximum Gasteiger partial charge on any atom is 0.272 e. The Labute approximate surface area is 158 Å². The summed E-state index contributed by atoms with van der Waals surface area (Å²) in [5.74, 6) is 0.571. The van der Waals surface area contributed by atoms with Crippen molar-refractivity contribution in [3.8, 4) is 0 Å². The van der Waals surface area contributed by atoms with Gasteiger partial charge < -0.3 is 4.90 Å². The number of likely N-dealkylation sites (tertiary alicyclic amines) is 1. The van der Waals surface area contributed by atoms with E-state index in [0.29, 0.717) is 37.7 Å². The predicted molar refractivity (Wildman–Crippen MR) is 101 cm³/mol. The summed E-state index contributed by atoms with van der Waals surface area (Å²) in [7, 11) is 0. The van der Waals surface area contributed by atoms with Gasteiger partial charge >= 0.3 is 0 Å². The lowest BCUT2D eigenvalue weighted by molar-refractivity contribution is 0.0737. The fourth-order valence-electron chi connectivity index (χ4n) is 3.88. The van der Waals surface area contributed by atoms with E-state index in [1.165, 1.54) is 12.8 Å². The molecule has 4 heterocycles. The number of pyridine rings is 1. The van der Waals surface area contributed by atoms with Crippen LogP contribution >= 0.6 is 0 Å². The molecule has 142 valence electrons. The van der Waals surface area contributed by atoms with Crippen LogP contribution in [0.4, 0.5) is 0 Å². The van der Waals surface area contributed by atoms with Crippen LogP contribution in [-0.4, -0.2) is 49.9 Å². The van der Waals surface area contributed by atoms with Crippen molar-refractivity contribution in [3.63, 3.8) is 0 Å². The third-order valence-electron chi connectivity index (χ3n) is 5.26. The zero-order chi connectivity index (χ0) is 18.8. The van der Waals surface area contributed by atoms with Gasteiger partial charge in [0, 0.05) is 31.4 Å². The van der Waals surface area contributed by atoms with Crippen molar-refractivity contribution in [2.75, 3.05) is 19.6 Å². The minimum absolute atomic E-state index is 0.0165. The Morgan fingerprint density at radius 2 is 1.89 bits per heavy atom. The van der Waals surface area contributed by atoms with Gasteiger partial charge in [-0.25, -0.2) is 9.97 Å². The molecule has 1 amide bonds. The zero-order valence-electron chi connectivity index (χ0n) is 15.7. The summed E-state index contributed by atoms with van der Waals surface area (Å²) in [6.45, 7) is 6.23. The Morgan fingerprint density at radius 1 is 1.07 bits per heavy atom. The van der Waals surface area contributed by atoms with Crippen LogP contribution in [-0.2, 0) is 19.6 Å². The van der Waals surface area contributed by atoms with Gasteiger partial charge in [-0.05, 0) is 51.4 Å². The number of carbonyl (C=O) groups is 1. The molecule has 0 spiro atoms. The lowest BCUT2D eigenvalue weighted by Gasteiger charge is -2.20. The van der Waals surface area contributed by atoms with Crippen molar-refractivity contribution in [2.45, 2.75) is 45.8 Å². The molecule has 0 bridgehead atoms. The lowest BCUT2D eigenvalue weighted by Crippen LogP contribution is -2.33. The summed E-state index contributed by atoms with van der Waals surface area (Å²) in [4.78, 5) is 38.7. The average Bonchev–Trinajstić information content (AvgIpc) is 3.05. The highest BCUT2D eigenvalue weighted by Crippen LogP contribution is 2.15. The summed E-state index contributed by atoms with van der Waals surface area (Å²) in [5.41, 5.74) is 2.05. The summed E-state index contributed by atoms with van der Waals surface area (Å²) in [6, 6.07) is 7.12. The standard InChI is InChI=1S/C20H25N5O2/c1-15-6-4-7-17(21-15)20(27)24-10-5-11-25-18(14-24)22-16(12-19(25)26)13-23-8-2-3-9-23/h4,6-7,12H,2-3,5,8-11,13-14H2,1H3. The molecule has 2 aliphatic rings. The van der Waals surface area contributed by atoms with E-state index < -0.39 is 0 Å². The highest BCUT2D eigenvalue weighted by Gasteiger charge is 2.23. The van der Waals surface area contributed by atoms with E-state index in [1.807, 2.05) is 19.1 Å². The van der Waals surface area contributed by atoms with E-state index in [0.717, 1.165) is 30.9 Å². The van der Waals surface area contributed by atoms with Crippen LogP contribution < -0.4 is 5.56 Å². The minimum Gasteiger partial charge on any atom is -0.330 e. The molecule has 0 aliphatic carbocycles. The van der Waals surface area contributed by atoms with Crippen LogP contribution in [0.2, 0.25) is 0 Å². The Balaban J connectivity index is 1.59. The van der Waals surface area contributed by atoms with Gasteiger partial charge in [-0.3, -0.25) is 19.1 Å². The topological polar surface area (TPSA) is 71.3 Å². The molecule has 0 atom stereocenters. The molecule has 0 saturated carbocycles. The second-order valence-corrected chi connectivity index (χ2v) is 7.38. The summed E-state index contributed by atoms with van der Waals surface area (Å²) >= 11 is 0. The molecule has 1 saturated heterocycles. The van der Waals surface area contributed by atoms with Crippen LogP contribution in [0, 0.1) is 6.92 Å². The van der Waals surface area contributed by atoms with Gasteiger partial charge in [-0.15, -0.1) is 0 Å². The van der Waals surface area contributed by atoms with Crippen LogP contribution in [0.1, 0.15) is 47.0 Å². The first-order chi connectivity index (χ1) is 13.1. The highest BCUT2D eigenvalue weighted by atomic mass is 16.2. The molecule has 7 heteroatoms. The molecule has 0 radical (unpaired) electrons. The molecular formula is C20H25N5O2. The second kappa shape index (κ2) is 7.60. The first-order valence-corrected chi connectivity index (χ1v) is 9.65. The SMILES string of the molecule is Cc1cccc(C(=O)N2CCCn3c(nc(CN4CCCC4)cc3=O)C2)n1. The monoisotopic (exact) mass is 367 g/mol. The molecule has 0 N–H and O–H groups in total. The number of carbonyl (C=O) groups excluding carboxylic acids is 1. The van der Waals surface area contributed by atoms with Crippen LogP contribution in [0.3, 0.4) is 0 Å². The normalized spacial score (nSPS) is 17.6. The molecule has 2 aromatic heterocycles. The van der Waals surface area contributed by atoms with Crippen molar-refractivity contribution in [1.82, 2.24) is 24.3 Å². The summed E-state index contributed by atoms with van der Waals surface area (Å²) < 4.78 is 1.71. The van der Waals surface area contributed by atoms with Crippen molar-refractivity contribution < 1.29 is 4.79 Å². The fourth-order valence-corrected chi connectivity index (χ4v) is 3.88. The van der Waals surface area contributed by atoms with Crippen molar-refractivity contribution in [3.05, 3.63) is 57.5 Å². The molecule has 2 aromatic rings. The van der Waals surface area contributed by atoms with Gasteiger partial charge in [-0.1, -0.05) is 6.07 Å². The number of nitrogens with zero attached hydrogens (tertiary/aromatic N) is 5. The Hall–Kier alpha value is -2.54. The number of aromatic nitrogens is 3. The van der Waals surface area contributed by atoms with E-state index in [-0.39, 0.29) is 11.5 Å². The number of hydrogen-bond donors (Lipinski definition) is 0. The highest BCUT2D eigenvalue weighted by molar-refractivity contribution is 5.92. The quantitative estimate of drug-likeness (QED) is 0.824. The summed E-state index contributed by atoms with van der Waals surface area (Å²) in [5, 5.41) is 0. The van der Waals surface area contributed by atoms with Crippen molar-refractivity contribution in [1.29, 1.82) is 0 Å². The van der Waals surface area contributed by atoms with E-state index in [1.54, 1.807) is 21.6 Å². The predicted octanol–water partition coefficient (Wildman–Crippen LogP) is 1.59. The van der Waals surface area contributed by atoms with Crippen molar-refractivity contribution in [2.24, 2.45) is 0 Å². The molecular weight excluding hydrogens is 342 g/mol. The lowest BCUT2D eigenvalue weighted by atomic mass is 10.2. The number of aryl methyl sites for hydroxylation is 1. The molecule has 2 aliphatic heterocycles. The zero-order valence-corrected chi connectivity index (χ0v) is 15.7. The third kappa shape index (κ3) is 3.93. The second-order valence-electron chi connectivity index (χ2n) is 7.38. The summed E-state index contributed by atoms with van der Waals surface area (Å²) in [6.07, 6.45) is 3.14. The van der Waals surface area contributed by atoms with Crippen LogP contribution in [0.25, 0.3) is 0 Å². The van der Waals surface area contributed by atoms with E-state index >= 15 is 0 Å². The molecule has 27 heavy (non-hydrogen) atoms. The molecule has 0 unspecified atom stereocenters. The number of fused-ring (bicyclic) bond motifs is 1. The van der Waals surface area contributed by atoms with Crippen LogP contribution in [0.5, 0.6) is 0 Å². The van der Waals surface area contributed by atoms with Gasteiger partial charge in [0.2, 0.25) is 0 Å². The molecule has 0 aromatic carbocycles. The maximum absolute atomic E-state index is 12.9. The van der Waals surface area contributed by atoms with E-state index in [2.05, 4.69) is 9.88 Å². The third-order valence-corrected chi connectivity index (χ3v) is 5.26. The number of amides is 1. The molecule has 4 rings (SSSR count). The first-order valence-electron chi connectivity index (χ1n) is 9.65. The van der Waals surface area contributed by atoms with Gasteiger partial charge in [0.1, 0.15) is 11.5 Å². The van der Waals surface area contributed by atoms with E-state index in [4.69, 9.17) is 4.98 Å². The Morgan fingerprint density at radius 3 is 2.67 bits per heavy atom. The average molecular weight is 367 g/mol. The maximum atomic E-state index is 12.9. The Kier molecular flexibility index (Phi) is 5.03. The largest absolute Gasteiger partial charge is 0.330 e. The van der Waals surface area contributed by atoms with Crippen LogP contribution in [0.15, 0.2) is 29.1 Å². The molecule has 7 nitrogen and oxygen atoms in total. The smallest absolute Gasteiger partial charge is 0.272 e. The van der Waals surface area contributed by atoms with Gasteiger partial charge in [0.25, 0.3) is 11.5 Å². The van der Waals surface area contributed by atoms with Crippen molar-refractivity contribution >= 4 is 5.91 Å².